The second-order valence-corrected chi connectivity index (χ2v) is 4.15. The SMILES string of the molecule is COc1cccc(-c2[nH]c(=O)nc3c2CCN3)c1. The molecule has 0 amide bonds. The molecule has 2 heterocycles. The van der Waals surface area contributed by atoms with Crippen molar-refractivity contribution in [1.82, 2.24) is 9.97 Å². The lowest BCUT2D eigenvalue weighted by Gasteiger charge is -2.08. The first-order valence-corrected chi connectivity index (χ1v) is 5.79. The van der Waals surface area contributed by atoms with Gasteiger partial charge in [-0.15, -0.1) is 0 Å². The number of fused-ring (bicyclic) bond motifs is 1. The van der Waals surface area contributed by atoms with Crippen molar-refractivity contribution in [2.45, 2.75) is 6.42 Å². The number of rotatable bonds is 2. The third-order valence-corrected chi connectivity index (χ3v) is 3.06. The van der Waals surface area contributed by atoms with Crippen LogP contribution in [0.5, 0.6) is 5.75 Å². The lowest BCUT2D eigenvalue weighted by molar-refractivity contribution is 0.415. The quantitative estimate of drug-likeness (QED) is 0.837. The molecule has 92 valence electrons. The van der Waals surface area contributed by atoms with E-state index in [9.17, 15) is 4.79 Å². The van der Waals surface area contributed by atoms with Crippen molar-refractivity contribution in [3.8, 4) is 17.0 Å². The minimum Gasteiger partial charge on any atom is -0.497 e. The van der Waals surface area contributed by atoms with E-state index in [1.807, 2.05) is 24.3 Å². The van der Waals surface area contributed by atoms with E-state index in [4.69, 9.17) is 4.74 Å². The third-order valence-electron chi connectivity index (χ3n) is 3.06. The minimum absolute atomic E-state index is 0.332. The Bertz CT molecular complexity index is 649. The van der Waals surface area contributed by atoms with Gasteiger partial charge >= 0.3 is 5.69 Å². The number of nitrogens with zero attached hydrogens (tertiary/aromatic N) is 1. The van der Waals surface area contributed by atoms with Crippen LogP contribution >= 0.6 is 0 Å². The molecule has 0 atom stereocenters. The zero-order valence-electron chi connectivity index (χ0n) is 9.99. The lowest BCUT2D eigenvalue weighted by atomic mass is 10.1. The van der Waals surface area contributed by atoms with Gasteiger partial charge in [0.25, 0.3) is 0 Å². The van der Waals surface area contributed by atoms with Gasteiger partial charge in [-0.25, -0.2) is 4.79 Å². The minimum atomic E-state index is -0.332. The maximum absolute atomic E-state index is 11.5. The zero-order valence-corrected chi connectivity index (χ0v) is 9.99. The van der Waals surface area contributed by atoms with Crippen molar-refractivity contribution < 1.29 is 4.74 Å². The van der Waals surface area contributed by atoms with E-state index < -0.39 is 0 Å². The second kappa shape index (κ2) is 4.18. The van der Waals surface area contributed by atoms with E-state index in [1.165, 1.54) is 0 Å². The molecule has 0 fully saturated rings. The van der Waals surface area contributed by atoms with Crippen LogP contribution in [-0.4, -0.2) is 23.6 Å². The molecule has 18 heavy (non-hydrogen) atoms. The number of hydrogen-bond acceptors (Lipinski definition) is 4. The van der Waals surface area contributed by atoms with Crippen LogP contribution in [0.15, 0.2) is 29.1 Å². The van der Waals surface area contributed by atoms with Crippen LogP contribution in [0, 0.1) is 0 Å². The standard InChI is InChI=1S/C13H13N3O2/c1-18-9-4-2-3-8(7-9)11-10-5-6-14-12(10)16-13(17)15-11/h2-4,7H,5-6H2,1H3,(H2,14,15,16,17). The number of benzene rings is 1. The number of aromatic amines is 1. The van der Waals surface area contributed by atoms with Gasteiger partial charge in [-0.1, -0.05) is 12.1 Å². The maximum Gasteiger partial charge on any atom is 0.347 e. The summed E-state index contributed by atoms with van der Waals surface area (Å²) in [6, 6.07) is 7.64. The van der Waals surface area contributed by atoms with Gasteiger partial charge in [-0.3, -0.25) is 0 Å². The van der Waals surface area contributed by atoms with E-state index in [0.29, 0.717) is 5.82 Å². The van der Waals surface area contributed by atoms with Gasteiger partial charge in [-0.05, 0) is 18.6 Å². The van der Waals surface area contributed by atoms with Crippen LogP contribution in [0.3, 0.4) is 0 Å². The summed E-state index contributed by atoms with van der Waals surface area (Å²) >= 11 is 0. The molecule has 1 aromatic carbocycles. The van der Waals surface area contributed by atoms with Gasteiger partial charge in [0.1, 0.15) is 11.6 Å². The topological polar surface area (TPSA) is 67.0 Å². The van der Waals surface area contributed by atoms with Gasteiger partial charge in [0.05, 0.1) is 12.8 Å². The monoisotopic (exact) mass is 243 g/mol. The highest BCUT2D eigenvalue weighted by Crippen LogP contribution is 2.29. The van der Waals surface area contributed by atoms with Gasteiger partial charge in [0, 0.05) is 17.7 Å². The summed E-state index contributed by atoms with van der Waals surface area (Å²) in [5.41, 5.74) is 2.49. The number of methoxy groups -OCH3 is 1. The van der Waals surface area contributed by atoms with E-state index in [1.54, 1.807) is 7.11 Å². The summed E-state index contributed by atoms with van der Waals surface area (Å²) in [5, 5.41) is 3.12. The highest BCUT2D eigenvalue weighted by atomic mass is 16.5. The van der Waals surface area contributed by atoms with Crippen LogP contribution in [0.1, 0.15) is 5.56 Å². The Morgan fingerprint density at radius 2 is 2.28 bits per heavy atom. The predicted molar refractivity (Wildman–Crippen MR) is 69.0 cm³/mol. The van der Waals surface area contributed by atoms with Crippen molar-refractivity contribution in [3.63, 3.8) is 0 Å². The fourth-order valence-corrected chi connectivity index (χ4v) is 2.22. The summed E-state index contributed by atoms with van der Waals surface area (Å²) < 4.78 is 5.20. The van der Waals surface area contributed by atoms with E-state index in [0.717, 1.165) is 35.5 Å². The molecule has 3 rings (SSSR count). The van der Waals surface area contributed by atoms with Crippen LogP contribution in [0.25, 0.3) is 11.3 Å². The van der Waals surface area contributed by atoms with Crippen molar-refractivity contribution in [2.75, 3.05) is 19.0 Å². The molecule has 0 bridgehead atoms. The van der Waals surface area contributed by atoms with Crippen LogP contribution < -0.4 is 15.7 Å². The Morgan fingerprint density at radius 3 is 3.11 bits per heavy atom. The molecule has 1 aliphatic heterocycles. The van der Waals surface area contributed by atoms with Gasteiger partial charge in [0.15, 0.2) is 0 Å². The first-order valence-electron chi connectivity index (χ1n) is 5.79. The second-order valence-electron chi connectivity index (χ2n) is 4.15. The summed E-state index contributed by atoms with van der Waals surface area (Å²) in [6.45, 7) is 0.816. The van der Waals surface area contributed by atoms with Gasteiger partial charge in [-0.2, -0.15) is 4.98 Å². The number of hydrogen-bond donors (Lipinski definition) is 2. The molecule has 0 radical (unpaired) electrons. The molecule has 0 saturated heterocycles. The lowest BCUT2D eigenvalue weighted by Crippen LogP contribution is -2.13. The van der Waals surface area contributed by atoms with Crippen LogP contribution in [0.4, 0.5) is 5.82 Å². The molecule has 1 aromatic heterocycles. The first kappa shape index (κ1) is 10.8. The molecule has 0 saturated carbocycles. The summed E-state index contributed by atoms with van der Waals surface area (Å²) in [4.78, 5) is 18.3. The molecule has 5 heteroatoms. The average molecular weight is 243 g/mol. The predicted octanol–water partition coefficient (Wildman–Crippen LogP) is 1.41. The number of aromatic nitrogens is 2. The Balaban J connectivity index is 2.19. The summed E-state index contributed by atoms with van der Waals surface area (Å²) in [6.07, 6.45) is 0.867. The van der Waals surface area contributed by atoms with Gasteiger partial charge < -0.3 is 15.0 Å². The average Bonchev–Trinajstić information content (AvgIpc) is 2.85. The van der Waals surface area contributed by atoms with E-state index in [-0.39, 0.29) is 5.69 Å². The van der Waals surface area contributed by atoms with E-state index in [2.05, 4.69) is 15.3 Å². The normalized spacial score (nSPS) is 12.9. The van der Waals surface area contributed by atoms with E-state index >= 15 is 0 Å². The number of H-pyrrole nitrogens is 1. The van der Waals surface area contributed by atoms with Crippen LogP contribution in [-0.2, 0) is 6.42 Å². The fraction of sp³-hybridized carbons (Fsp3) is 0.231. The fourth-order valence-electron chi connectivity index (χ4n) is 2.22. The Labute approximate surface area is 104 Å². The Hall–Kier alpha value is -2.30. The highest BCUT2D eigenvalue weighted by Gasteiger charge is 2.18. The molecular formula is C13H13N3O2. The molecule has 0 unspecified atom stereocenters. The summed E-state index contributed by atoms with van der Waals surface area (Å²) in [5.74, 6) is 1.46. The number of nitrogens with one attached hydrogen (secondary N) is 2. The zero-order chi connectivity index (χ0) is 12.5. The smallest absolute Gasteiger partial charge is 0.347 e. The molecule has 0 spiro atoms. The number of ether oxygens (including phenoxy) is 1. The van der Waals surface area contributed by atoms with Gasteiger partial charge in [0.2, 0.25) is 0 Å². The number of anilines is 1. The Morgan fingerprint density at radius 1 is 1.39 bits per heavy atom. The molecular weight excluding hydrogens is 230 g/mol. The van der Waals surface area contributed by atoms with Crippen molar-refractivity contribution in [1.29, 1.82) is 0 Å². The van der Waals surface area contributed by atoms with Crippen molar-refractivity contribution in [3.05, 3.63) is 40.3 Å². The molecule has 0 aliphatic carbocycles. The van der Waals surface area contributed by atoms with Crippen molar-refractivity contribution >= 4 is 5.82 Å². The largest absolute Gasteiger partial charge is 0.497 e. The highest BCUT2D eigenvalue weighted by molar-refractivity contribution is 5.70. The third kappa shape index (κ3) is 1.73. The molecule has 2 N–H and O–H groups in total. The van der Waals surface area contributed by atoms with Crippen molar-refractivity contribution in [2.24, 2.45) is 0 Å². The summed E-state index contributed by atoms with van der Waals surface area (Å²) in [7, 11) is 1.63. The first-order chi connectivity index (χ1) is 8.78. The molecule has 1 aliphatic rings. The maximum atomic E-state index is 11.5. The molecule has 5 nitrogen and oxygen atoms in total. The molecule has 2 aromatic rings. The Kier molecular flexibility index (Phi) is 2.51. The van der Waals surface area contributed by atoms with Crippen LogP contribution in [0.2, 0.25) is 0 Å².